The number of allylic oxidation sites excluding steroid dienone is 3. The van der Waals surface area contributed by atoms with E-state index in [4.69, 9.17) is 5.11 Å². The van der Waals surface area contributed by atoms with Gasteiger partial charge >= 0.3 is 5.97 Å². The molecule has 1 aliphatic carbocycles. The van der Waals surface area contributed by atoms with E-state index in [0.29, 0.717) is 32.1 Å². The first-order chi connectivity index (χ1) is 12.7. The Hall–Kier alpha value is -1.20. The standard InChI is InChI=1S/C22H37FO4/c1-4-5-14-22(3,23)20(25)13-12-17-16(2)15-19(24)18(17)10-8-6-7-9-11-21(26)27/h6,8,12-13,16-20,24-25H,4-5,7,9-11,14-15H2,1-3H3,(H,26,27)/t16-,17+,18-,19+,20-,22-/m1/s1. The number of halogens is 1. The average Bonchev–Trinajstić information content (AvgIpc) is 2.86. The Bertz CT molecular complexity index is 501. The minimum absolute atomic E-state index is 0.0423. The van der Waals surface area contributed by atoms with Crippen molar-refractivity contribution >= 4 is 5.97 Å². The summed E-state index contributed by atoms with van der Waals surface area (Å²) in [5.74, 6) is -0.373. The average molecular weight is 385 g/mol. The van der Waals surface area contributed by atoms with Crippen LogP contribution in [0.3, 0.4) is 0 Å². The summed E-state index contributed by atoms with van der Waals surface area (Å²) in [5.41, 5.74) is -1.63. The molecular formula is C22H37FO4. The van der Waals surface area contributed by atoms with Gasteiger partial charge in [-0.2, -0.15) is 0 Å². The zero-order valence-corrected chi connectivity index (χ0v) is 17.0. The monoisotopic (exact) mass is 384 g/mol. The second-order valence-corrected chi connectivity index (χ2v) is 8.23. The molecule has 0 aliphatic heterocycles. The summed E-state index contributed by atoms with van der Waals surface area (Å²) in [6, 6.07) is 0. The predicted molar refractivity (Wildman–Crippen MR) is 106 cm³/mol. The Morgan fingerprint density at radius 1 is 1.33 bits per heavy atom. The van der Waals surface area contributed by atoms with E-state index >= 15 is 0 Å². The SMILES string of the molecule is CCCC[C@@](C)(F)[C@H](O)C=C[C@@H]1[C@@H](CC=CCCCC(=O)O)[C@@H](O)C[C@H]1C. The summed E-state index contributed by atoms with van der Waals surface area (Å²) in [7, 11) is 0. The zero-order chi connectivity index (χ0) is 20.4. The van der Waals surface area contributed by atoms with Crippen molar-refractivity contribution in [2.75, 3.05) is 0 Å². The van der Waals surface area contributed by atoms with E-state index in [-0.39, 0.29) is 24.2 Å². The van der Waals surface area contributed by atoms with Crippen molar-refractivity contribution in [1.82, 2.24) is 0 Å². The number of alkyl halides is 1. The lowest BCUT2D eigenvalue weighted by molar-refractivity contribution is -0.137. The molecule has 4 nitrogen and oxygen atoms in total. The summed E-state index contributed by atoms with van der Waals surface area (Å²) in [6.45, 7) is 5.52. The molecule has 0 aromatic heterocycles. The maximum atomic E-state index is 14.6. The van der Waals surface area contributed by atoms with E-state index in [1.807, 2.05) is 25.2 Å². The molecule has 156 valence electrons. The molecule has 1 rings (SSSR count). The third-order valence-corrected chi connectivity index (χ3v) is 5.75. The number of hydrogen-bond acceptors (Lipinski definition) is 3. The lowest BCUT2D eigenvalue weighted by atomic mass is 9.85. The topological polar surface area (TPSA) is 77.8 Å². The number of hydrogen-bond donors (Lipinski definition) is 3. The Labute approximate surface area is 163 Å². The molecule has 0 heterocycles. The van der Waals surface area contributed by atoms with Crippen LogP contribution in [0.1, 0.15) is 72.1 Å². The largest absolute Gasteiger partial charge is 0.481 e. The summed E-state index contributed by atoms with van der Waals surface area (Å²) in [4.78, 5) is 10.5. The highest BCUT2D eigenvalue weighted by atomic mass is 19.1. The molecule has 0 unspecified atom stereocenters. The fourth-order valence-electron chi connectivity index (χ4n) is 3.88. The number of rotatable bonds is 12. The summed E-state index contributed by atoms with van der Waals surface area (Å²) >= 11 is 0. The van der Waals surface area contributed by atoms with Crippen LogP contribution in [0.5, 0.6) is 0 Å². The van der Waals surface area contributed by atoms with Gasteiger partial charge in [0, 0.05) is 6.42 Å². The third-order valence-electron chi connectivity index (χ3n) is 5.75. The van der Waals surface area contributed by atoms with E-state index in [1.54, 1.807) is 6.08 Å². The molecule has 5 heteroatoms. The quantitative estimate of drug-likeness (QED) is 0.338. The number of aliphatic hydroxyl groups is 2. The summed E-state index contributed by atoms with van der Waals surface area (Å²) < 4.78 is 14.6. The van der Waals surface area contributed by atoms with Crippen molar-refractivity contribution in [3.63, 3.8) is 0 Å². The van der Waals surface area contributed by atoms with Crippen LogP contribution in [0.4, 0.5) is 4.39 Å². The molecule has 0 aromatic carbocycles. The fraction of sp³-hybridized carbons (Fsp3) is 0.773. The van der Waals surface area contributed by atoms with Gasteiger partial charge in [-0.15, -0.1) is 0 Å². The van der Waals surface area contributed by atoms with E-state index in [1.165, 1.54) is 6.92 Å². The number of carboxylic acids is 1. The van der Waals surface area contributed by atoms with Crippen LogP contribution >= 0.6 is 0 Å². The van der Waals surface area contributed by atoms with Crippen LogP contribution in [0, 0.1) is 17.8 Å². The van der Waals surface area contributed by atoms with E-state index in [0.717, 1.165) is 12.8 Å². The van der Waals surface area contributed by atoms with E-state index in [2.05, 4.69) is 6.92 Å². The van der Waals surface area contributed by atoms with Crippen LogP contribution in [0.25, 0.3) is 0 Å². The van der Waals surface area contributed by atoms with Crippen molar-refractivity contribution in [1.29, 1.82) is 0 Å². The number of unbranched alkanes of at least 4 members (excludes halogenated alkanes) is 2. The molecule has 0 bridgehead atoms. The van der Waals surface area contributed by atoms with Crippen LogP contribution in [-0.2, 0) is 4.79 Å². The molecule has 6 atom stereocenters. The van der Waals surface area contributed by atoms with Gasteiger partial charge in [-0.1, -0.05) is 51.0 Å². The lowest BCUT2D eigenvalue weighted by Crippen LogP contribution is -2.33. The smallest absolute Gasteiger partial charge is 0.303 e. The van der Waals surface area contributed by atoms with E-state index < -0.39 is 23.8 Å². The second kappa shape index (κ2) is 11.6. The highest BCUT2D eigenvalue weighted by Gasteiger charge is 2.38. The highest BCUT2D eigenvalue weighted by molar-refractivity contribution is 5.66. The molecule has 0 aromatic rings. The predicted octanol–water partition coefficient (Wildman–Crippen LogP) is 4.66. The summed E-state index contributed by atoms with van der Waals surface area (Å²) in [5, 5.41) is 29.2. The van der Waals surface area contributed by atoms with Gasteiger partial charge in [0.2, 0.25) is 0 Å². The van der Waals surface area contributed by atoms with Gasteiger partial charge in [0.05, 0.1) is 6.10 Å². The van der Waals surface area contributed by atoms with Gasteiger partial charge in [0.1, 0.15) is 11.8 Å². The molecule has 0 radical (unpaired) electrons. The number of aliphatic carboxylic acids is 1. The van der Waals surface area contributed by atoms with Gasteiger partial charge in [-0.05, 0) is 56.8 Å². The Kier molecular flexibility index (Phi) is 10.2. The molecule has 1 saturated carbocycles. The third kappa shape index (κ3) is 8.14. The number of aliphatic hydroxyl groups excluding tert-OH is 2. The molecule has 1 aliphatic rings. The van der Waals surface area contributed by atoms with Crippen LogP contribution in [0.2, 0.25) is 0 Å². The summed E-state index contributed by atoms with van der Waals surface area (Å²) in [6.07, 6.45) is 10.7. The molecular weight excluding hydrogens is 347 g/mol. The lowest BCUT2D eigenvalue weighted by Gasteiger charge is -2.25. The molecule has 0 spiro atoms. The molecule has 0 saturated heterocycles. The minimum Gasteiger partial charge on any atom is -0.481 e. The number of carboxylic acid groups (broad SMARTS) is 1. The fourth-order valence-corrected chi connectivity index (χ4v) is 3.88. The van der Waals surface area contributed by atoms with Crippen molar-refractivity contribution in [3.8, 4) is 0 Å². The zero-order valence-electron chi connectivity index (χ0n) is 17.0. The van der Waals surface area contributed by atoms with Gasteiger partial charge in [0.25, 0.3) is 0 Å². The van der Waals surface area contributed by atoms with Gasteiger partial charge in [-0.25, -0.2) is 4.39 Å². The van der Waals surface area contributed by atoms with Crippen molar-refractivity contribution in [2.45, 2.75) is 90.0 Å². The van der Waals surface area contributed by atoms with Crippen LogP contribution in [-0.4, -0.2) is 39.2 Å². The Morgan fingerprint density at radius 2 is 2.04 bits per heavy atom. The normalized spacial score (nSPS) is 29.4. The van der Waals surface area contributed by atoms with Crippen LogP contribution < -0.4 is 0 Å². The Morgan fingerprint density at radius 3 is 2.67 bits per heavy atom. The van der Waals surface area contributed by atoms with Gasteiger partial charge in [-0.3, -0.25) is 4.79 Å². The van der Waals surface area contributed by atoms with Gasteiger partial charge in [0.15, 0.2) is 0 Å². The van der Waals surface area contributed by atoms with Gasteiger partial charge < -0.3 is 15.3 Å². The number of carbonyl (C=O) groups is 1. The maximum absolute atomic E-state index is 14.6. The minimum atomic E-state index is -1.63. The maximum Gasteiger partial charge on any atom is 0.303 e. The van der Waals surface area contributed by atoms with E-state index in [9.17, 15) is 19.4 Å². The first-order valence-corrected chi connectivity index (χ1v) is 10.3. The molecule has 27 heavy (non-hydrogen) atoms. The molecule has 0 amide bonds. The van der Waals surface area contributed by atoms with Crippen molar-refractivity contribution < 1.29 is 24.5 Å². The Balaban J connectivity index is 2.62. The second-order valence-electron chi connectivity index (χ2n) is 8.23. The van der Waals surface area contributed by atoms with Crippen molar-refractivity contribution in [3.05, 3.63) is 24.3 Å². The first-order valence-electron chi connectivity index (χ1n) is 10.3. The van der Waals surface area contributed by atoms with Crippen LogP contribution in [0.15, 0.2) is 24.3 Å². The highest BCUT2D eigenvalue weighted by Crippen LogP contribution is 2.40. The molecule has 1 fully saturated rings. The first kappa shape index (κ1) is 23.8. The van der Waals surface area contributed by atoms with Crippen molar-refractivity contribution in [2.24, 2.45) is 17.8 Å². The molecule has 3 N–H and O–H groups in total.